The van der Waals surface area contributed by atoms with Crippen LogP contribution in [0.5, 0.6) is 5.75 Å². The van der Waals surface area contributed by atoms with E-state index in [-0.39, 0.29) is 17.4 Å². The zero-order chi connectivity index (χ0) is 19.9. The van der Waals surface area contributed by atoms with Crippen molar-refractivity contribution < 1.29 is 13.9 Å². The molecule has 1 heterocycles. The number of carbonyl (C=O) groups is 1. The van der Waals surface area contributed by atoms with Crippen LogP contribution in [0.4, 0.5) is 15.9 Å². The summed E-state index contributed by atoms with van der Waals surface area (Å²) in [5, 5.41) is 5.84. The summed E-state index contributed by atoms with van der Waals surface area (Å²) in [6, 6.07) is 15.3. The lowest BCUT2D eigenvalue weighted by molar-refractivity contribution is 0.0949. The standard InChI is InChI=1S/C21H21FN4O2/c1-14-24-19(13-20(25-14)26-17-7-4-6-16(22)12-17)21(27)23-10-9-15-5-3-8-18(11-15)28-2/h3-8,11-13H,9-10H2,1-2H3,(H,23,27)(H,24,25,26). The third kappa shape index (κ3) is 5.26. The van der Waals surface area contributed by atoms with E-state index >= 15 is 0 Å². The third-order valence-corrected chi connectivity index (χ3v) is 4.00. The Bertz CT molecular complexity index is 978. The highest BCUT2D eigenvalue weighted by molar-refractivity contribution is 5.93. The van der Waals surface area contributed by atoms with Gasteiger partial charge in [0.2, 0.25) is 0 Å². The van der Waals surface area contributed by atoms with Gasteiger partial charge in [-0.1, -0.05) is 18.2 Å². The Hall–Kier alpha value is -3.48. The second kappa shape index (κ2) is 8.94. The minimum absolute atomic E-state index is 0.247. The monoisotopic (exact) mass is 380 g/mol. The van der Waals surface area contributed by atoms with Gasteiger partial charge < -0.3 is 15.4 Å². The number of methoxy groups -OCH3 is 1. The van der Waals surface area contributed by atoms with Crippen LogP contribution < -0.4 is 15.4 Å². The molecule has 7 heteroatoms. The number of anilines is 2. The Kier molecular flexibility index (Phi) is 6.16. The van der Waals surface area contributed by atoms with Gasteiger partial charge in [-0.2, -0.15) is 0 Å². The minimum Gasteiger partial charge on any atom is -0.497 e. The average Bonchev–Trinajstić information content (AvgIpc) is 2.67. The number of carbonyl (C=O) groups excluding carboxylic acids is 1. The van der Waals surface area contributed by atoms with Crippen LogP contribution in [0.1, 0.15) is 21.9 Å². The summed E-state index contributed by atoms with van der Waals surface area (Å²) in [6.07, 6.45) is 0.668. The zero-order valence-electron chi connectivity index (χ0n) is 15.7. The molecule has 0 fully saturated rings. The van der Waals surface area contributed by atoms with Gasteiger partial charge in [0.1, 0.15) is 28.9 Å². The number of amides is 1. The first-order chi connectivity index (χ1) is 13.5. The molecule has 144 valence electrons. The first kappa shape index (κ1) is 19.3. The second-order valence-corrected chi connectivity index (χ2v) is 6.18. The molecule has 6 nitrogen and oxygen atoms in total. The Balaban J connectivity index is 1.63. The maximum Gasteiger partial charge on any atom is 0.270 e. The SMILES string of the molecule is COc1cccc(CCNC(=O)c2cc(Nc3cccc(F)c3)nc(C)n2)c1. The molecule has 0 radical (unpaired) electrons. The molecule has 0 aliphatic heterocycles. The number of benzene rings is 2. The van der Waals surface area contributed by atoms with Gasteiger partial charge in [-0.05, 0) is 49.2 Å². The molecule has 1 aromatic heterocycles. The van der Waals surface area contributed by atoms with Crippen LogP contribution in [0.2, 0.25) is 0 Å². The fourth-order valence-corrected chi connectivity index (χ4v) is 2.70. The molecule has 1 amide bonds. The van der Waals surface area contributed by atoms with Gasteiger partial charge in [-0.25, -0.2) is 14.4 Å². The van der Waals surface area contributed by atoms with Crippen LogP contribution in [0.15, 0.2) is 54.6 Å². The second-order valence-electron chi connectivity index (χ2n) is 6.18. The lowest BCUT2D eigenvalue weighted by atomic mass is 10.1. The highest BCUT2D eigenvalue weighted by atomic mass is 19.1. The summed E-state index contributed by atoms with van der Waals surface area (Å²) < 4.78 is 18.5. The Morgan fingerprint density at radius 3 is 2.71 bits per heavy atom. The van der Waals surface area contributed by atoms with Crippen molar-refractivity contribution in [1.29, 1.82) is 0 Å². The predicted molar refractivity (Wildman–Crippen MR) is 105 cm³/mol. The van der Waals surface area contributed by atoms with Crippen LogP contribution in [0.3, 0.4) is 0 Å². The van der Waals surface area contributed by atoms with E-state index in [9.17, 15) is 9.18 Å². The molecule has 0 unspecified atom stereocenters. The van der Waals surface area contributed by atoms with E-state index in [1.807, 2.05) is 24.3 Å². The van der Waals surface area contributed by atoms with Crippen LogP contribution in [0.25, 0.3) is 0 Å². The molecular formula is C21H21FN4O2. The van der Waals surface area contributed by atoms with Gasteiger partial charge in [-0.3, -0.25) is 4.79 Å². The molecule has 28 heavy (non-hydrogen) atoms. The van der Waals surface area contributed by atoms with Crippen LogP contribution in [-0.4, -0.2) is 29.5 Å². The maximum atomic E-state index is 13.3. The van der Waals surface area contributed by atoms with Crippen molar-refractivity contribution in [2.24, 2.45) is 0 Å². The Labute approximate surface area is 162 Å². The summed E-state index contributed by atoms with van der Waals surface area (Å²) >= 11 is 0. The normalized spacial score (nSPS) is 10.4. The number of hydrogen-bond acceptors (Lipinski definition) is 5. The van der Waals surface area contributed by atoms with E-state index in [4.69, 9.17) is 4.74 Å². The van der Waals surface area contributed by atoms with Crippen molar-refractivity contribution in [3.05, 3.63) is 77.5 Å². The van der Waals surface area contributed by atoms with E-state index in [1.54, 1.807) is 32.2 Å². The fraction of sp³-hybridized carbons (Fsp3) is 0.190. The van der Waals surface area contributed by atoms with Crippen molar-refractivity contribution in [2.75, 3.05) is 19.0 Å². The fourth-order valence-electron chi connectivity index (χ4n) is 2.70. The molecule has 0 aliphatic carbocycles. The summed E-state index contributed by atoms with van der Waals surface area (Å²) in [6.45, 7) is 2.16. The van der Waals surface area contributed by atoms with Crippen molar-refractivity contribution in [3.8, 4) is 5.75 Å². The van der Waals surface area contributed by atoms with Gasteiger partial charge in [0.15, 0.2) is 0 Å². The van der Waals surface area contributed by atoms with Crippen LogP contribution in [-0.2, 0) is 6.42 Å². The Morgan fingerprint density at radius 2 is 1.93 bits per heavy atom. The minimum atomic E-state index is -0.355. The summed E-state index contributed by atoms with van der Waals surface area (Å²) in [7, 11) is 1.62. The number of nitrogens with zero attached hydrogens (tertiary/aromatic N) is 2. The predicted octanol–water partition coefficient (Wildman–Crippen LogP) is 3.65. The number of aromatic nitrogens is 2. The molecule has 0 saturated carbocycles. The van der Waals surface area contributed by atoms with Gasteiger partial charge in [-0.15, -0.1) is 0 Å². The number of aryl methyl sites for hydroxylation is 1. The van der Waals surface area contributed by atoms with E-state index < -0.39 is 0 Å². The summed E-state index contributed by atoms with van der Waals surface area (Å²) in [4.78, 5) is 20.9. The number of nitrogens with one attached hydrogen (secondary N) is 2. The molecule has 0 spiro atoms. The molecule has 2 aromatic carbocycles. The first-order valence-electron chi connectivity index (χ1n) is 8.83. The molecular weight excluding hydrogens is 359 g/mol. The summed E-state index contributed by atoms with van der Waals surface area (Å²) in [5.41, 5.74) is 1.85. The topological polar surface area (TPSA) is 76.1 Å². The van der Waals surface area contributed by atoms with Gasteiger partial charge in [0.05, 0.1) is 7.11 Å². The smallest absolute Gasteiger partial charge is 0.270 e. The first-order valence-corrected chi connectivity index (χ1v) is 8.83. The lowest BCUT2D eigenvalue weighted by Crippen LogP contribution is -2.27. The van der Waals surface area contributed by atoms with E-state index in [1.165, 1.54) is 12.1 Å². The maximum absolute atomic E-state index is 13.3. The molecule has 0 bridgehead atoms. The van der Waals surface area contributed by atoms with Gasteiger partial charge in [0.25, 0.3) is 5.91 Å². The van der Waals surface area contributed by atoms with E-state index in [0.29, 0.717) is 30.3 Å². The highest BCUT2D eigenvalue weighted by Gasteiger charge is 2.11. The summed E-state index contributed by atoms with van der Waals surface area (Å²) in [5.74, 6) is 1.00. The lowest BCUT2D eigenvalue weighted by Gasteiger charge is -2.10. The highest BCUT2D eigenvalue weighted by Crippen LogP contribution is 2.17. The van der Waals surface area contributed by atoms with E-state index in [0.717, 1.165) is 11.3 Å². The number of ether oxygens (including phenoxy) is 1. The van der Waals surface area contributed by atoms with Crippen molar-refractivity contribution in [3.63, 3.8) is 0 Å². The van der Waals surface area contributed by atoms with Crippen molar-refractivity contribution in [2.45, 2.75) is 13.3 Å². The van der Waals surface area contributed by atoms with Crippen molar-refractivity contribution >= 4 is 17.4 Å². The van der Waals surface area contributed by atoms with E-state index in [2.05, 4.69) is 20.6 Å². The average molecular weight is 380 g/mol. The van der Waals surface area contributed by atoms with Gasteiger partial charge >= 0.3 is 0 Å². The van der Waals surface area contributed by atoms with Crippen LogP contribution >= 0.6 is 0 Å². The molecule has 2 N–H and O–H groups in total. The van der Waals surface area contributed by atoms with Gasteiger partial charge in [0, 0.05) is 18.3 Å². The number of halogens is 1. The van der Waals surface area contributed by atoms with Crippen LogP contribution in [0, 0.1) is 12.7 Å². The zero-order valence-corrected chi connectivity index (χ0v) is 15.7. The molecule has 3 aromatic rings. The van der Waals surface area contributed by atoms with Crippen molar-refractivity contribution in [1.82, 2.24) is 15.3 Å². The Morgan fingerprint density at radius 1 is 1.11 bits per heavy atom. The largest absolute Gasteiger partial charge is 0.497 e. The number of hydrogen-bond donors (Lipinski definition) is 2. The quantitative estimate of drug-likeness (QED) is 0.654. The molecule has 0 atom stereocenters. The molecule has 0 aliphatic rings. The molecule has 3 rings (SSSR count). The molecule has 0 saturated heterocycles. The number of rotatable bonds is 7. The third-order valence-electron chi connectivity index (χ3n) is 4.00.